The molecule has 84 valence electrons. The first-order valence-corrected chi connectivity index (χ1v) is 5.40. The number of benzene rings is 1. The molecule has 1 heterocycles. The lowest BCUT2D eigenvalue weighted by molar-refractivity contribution is 0.631. The van der Waals surface area contributed by atoms with Crippen molar-refractivity contribution in [1.29, 1.82) is 0 Å². The van der Waals surface area contributed by atoms with Gasteiger partial charge in [0, 0.05) is 17.8 Å². The minimum Gasteiger partial charge on any atom is -0.399 e. The van der Waals surface area contributed by atoms with Crippen LogP contribution in [-0.4, -0.2) is 20.2 Å². The second-order valence-electron chi connectivity index (χ2n) is 3.18. The van der Waals surface area contributed by atoms with Crippen LogP contribution in [0.1, 0.15) is 6.92 Å². The van der Waals surface area contributed by atoms with Crippen molar-refractivity contribution >= 4 is 28.9 Å². The van der Waals surface area contributed by atoms with Crippen LogP contribution in [0.25, 0.3) is 11.4 Å². The Kier molecular flexibility index (Phi) is 2.98. The number of rotatable bonds is 2. The first kappa shape index (κ1) is 11.2. The zero-order valence-corrected chi connectivity index (χ0v) is 10.00. The summed E-state index contributed by atoms with van der Waals surface area (Å²) < 4.78 is 1.62. The number of hydrogen-bond donors (Lipinski definition) is 1. The van der Waals surface area contributed by atoms with Crippen LogP contribution < -0.4 is 5.73 Å². The van der Waals surface area contributed by atoms with Crippen LogP contribution >= 0.6 is 23.2 Å². The summed E-state index contributed by atoms with van der Waals surface area (Å²) in [7, 11) is 0. The van der Waals surface area contributed by atoms with Crippen molar-refractivity contribution in [2.75, 3.05) is 5.73 Å². The summed E-state index contributed by atoms with van der Waals surface area (Å²) in [6.07, 6.45) is 0. The molecule has 0 bridgehead atoms. The van der Waals surface area contributed by atoms with Crippen LogP contribution in [-0.2, 0) is 6.54 Å². The molecule has 7 heteroatoms. The number of nitrogens with two attached hydrogens (primary N) is 1. The van der Waals surface area contributed by atoms with Crippen molar-refractivity contribution in [3.05, 3.63) is 22.2 Å². The molecule has 1 aromatic carbocycles. The third-order valence-electron chi connectivity index (χ3n) is 2.12. The van der Waals surface area contributed by atoms with Crippen LogP contribution in [0.4, 0.5) is 5.69 Å². The smallest absolute Gasteiger partial charge is 0.183 e. The zero-order chi connectivity index (χ0) is 11.7. The highest BCUT2D eigenvalue weighted by Crippen LogP contribution is 2.34. The molecule has 2 aromatic rings. The number of tetrazole rings is 1. The quantitative estimate of drug-likeness (QED) is 0.838. The van der Waals surface area contributed by atoms with E-state index >= 15 is 0 Å². The maximum absolute atomic E-state index is 6.09. The lowest BCUT2D eigenvalue weighted by Crippen LogP contribution is -2.00. The van der Waals surface area contributed by atoms with Crippen LogP contribution in [0, 0.1) is 0 Å². The average molecular weight is 258 g/mol. The molecule has 2 rings (SSSR count). The van der Waals surface area contributed by atoms with Crippen molar-refractivity contribution in [2.45, 2.75) is 13.5 Å². The van der Waals surface area contributed by atoms with E-state index in [1.807, 2.05) is 6.92 Å². The fourth-order valence-electron chi connectivity index (χ4n) is 1.38. The summed E-state index contributed by atoms with van der Waals surface area (Å²) in [5.41, 5.74) is 6.87. The van der Waals surface area contributed by atoms with Gasteiger partial charge in [-0.05, 0) is 29.5 Å². The molecule has 0 saturated heterocycles. The summed E-state index contributed by atoms with van der Waals surface area (Å²) >= 11 is 12.0. The molecule has 0 unspecified atom stereocenters. The topological polar surface area (TPSA) is 69.6 Å². The molecule has 0 aliphatic rings. The van der Waals surface area contributed by atoms with E-state index in [9.17, 15) is 0 Å². The first-order chi connectivity index (χ1) is 7.63. The molecule has 0 atom stereocenters. The van der Waals surface area contributed by atoms with Crippen molar-refractivity contribution in [3.63, 3.8) is 0 Å². The van der Waals surface area contributed by atoms with Gasteiger partial charge in [-0.1, -0.05) is 23.2 Å². The molecule has 1 aromatic heterocycles. The largest absolute Gasteiger partial charge is 0.399 e. The summed E-state index contributed by atoms with van der Waals surface area (Å²) in [5, 5.41) is 12.1. The number of nitrogens with zero attached hydrogens (tertiary/aromatic N) is 4. The third kappa shape index (κ3) is 1.83. The van der Waals surface area contributed by atoms with Gasteiger partial charge in [0.2, 0.25) is 0 Å². The number of aromatic nitrogens is 4. The molecule has 0 radical (unpaired) electrons. The molecule has 0 spiro atoms. The van der Waals surface area contributed by atoms with Crippen molar-refractivity contribution in [2.24, 2.45) is 0 Å². The van der Waals surface area contributed by atoms with Crippen molar-refractivity contribution in [3.8, 4) is 11.4 Å². The standard InChI is InChI=1S/C9H9Cl2N5/c1-2-16-9(13-14-15-16)6-3-5(12)4-7(10)8(6)11/h3-4H,2,12H2,1H3. The average Bonchev–Trinajstić information content (AvgIpc) is 2.71. The minimum absolute atomic E-state index is 0.391. The molecular formula is C9H9Cl2N5. The predicted molar refractivity (Wildman–Crippen MR) is 63.4 cm³/mol. The molecule has 0 amide bonds. The van der Waals surface area contributed by atoms with E-state index < -0.39 is 0 Å². The Balaban J connectivity index is 2.64. The normalized spacial score (nSPS) is 10.7. The van der Waals surface area contributed by atoms with E-state index in [0.717, 1.165) is 0 Å². The number of aryl methyl sites for hydroxylation is 1. The Bertz CT molecular complexity index is 523. The van der Waals surface area contributed by atoms with E-state index in [2.05, 4.69) is 15.5 Å². The van der Waals surface area contributed by atoms with E-state index in [4.69, 9.17) is 28.9 Å². The molecular weight excluding hydrogens is 249 g/mol. The Labute approximate surface area is 102 Å². The van der Waals surface area contributed by atoms with Gasteiger partial charge in [-0.25, -0.2) is 4.68 Å². The van der Waals surface area contributed by atoms with Gasteiger partial charge < -0.3 is 5.73 Å². The van der Waals surface area contributed by atoms with Crippen LogP contribution in [0.15, 0.2) is 12.1 Å². The fraction of sp³-hybridized carbons (Fsp3) is 0.222. The van der Waals surface area contributed by atoms with Gasteiger partial charge in [0.15, 0.2) is 5.82 Å². The minimum atomic E-state index is 0.391. The van der Waals surface area contributed by atoms with E-state index in [-0.39, 0.29) is 0 Å². The Morgan fingerprint density at radius 3 is 2.81 bits per heavy atom. The predicted octanol–water partition coefficient (Wildman–Crippen LogP) is 2.25. The Morgan fingerprint density at radius 1 is 1.38 bits per heavy atom. The van der Waals surface area contributed by atoms with Crippen LogP contribution in [0.2, 0.25) is 10.0 Å². The SMILES string of the molecule is CCn1nnnc1-c1cc(N)cc(Cl)c1Cl. The summed E-state index contributed by atoms with van der Waals surface area (Å²) in [5.74, 6) is 0.557. The monoisotopic (exact) mass is 257 g/mol. The van der Waals surface area contributed by atoms with Gasteiger partial charge in [-0.2, -0.15) is 0 Å². The van der Waals surface area contributed by atoms with Gasteiger partial charge in [0.1, 0.15) is 0 Å². The summed E-state index contributed by atoms with van der Waals surface area (Å²) in [4.78, 5) is 0. The second kappa shape index (κ2) is 4.27. The van der Waals surface area contributed by atoms with Crippen molar-refractivity contribution < 1.29 is 0 Å². The van der Waals surface area contributed by atoms with Gasteiger partial charge in [0.05, 0.1) is 10.0 Å². The molecule has 0 aliphatic carbocycles. The van der Waals surface area contributed by atoms with E-state index in [1.54, 1.807) is 16.8 Å². The molecule has 16 heavy (non-hydrogen) atoms. The number of nitrogen functional groups attached to an aromatic ring is 1. The highest BCUT2D eigenvalue weighted by Gasteiger charge is 2.14. The van der Waals surface area contributed by atoms with Crippen LogP contribution in [0.3, 0.4) is 0 Å². The highest BCUT2D eigenvalue weighted by molar-refractivity contribution is 6.43. The lowest BCUT2D eigenvalue weighted by Gasteiger charge is -2.06. The Hall–Kier alpha value is -1.33. The number of halogens is 2. The van der Waals surface area contributed by atoms with Gasteiger partial charge in [-0.3, -0.25) is 0 Å². The van der Waals surface area contributed by atoms with Crippen molar-refractivity contribution in [1.82, 2.24) is 20.2 Å². The molecule has 2 N–H and O–H groups in total. The maximum Gasteiger partial charge on any atom is 0.183 e. The van der Waals surface area contributed by atoms with Crippen LogP contribution in [0.5, 0.6) is 0 Å². The summed E-state index contributed by atoms with van der Waals surface area (Å²) in [6, 6.07) is 3.29. The third-order valence-corrected chi connectivity index (χ3v) is 2.92. The van der Waals surface area contributed by atoms with E-state index in [0.29, 0.717) is 33.7 Å². The Morgan fingerprint density at radius 2 is 2.12 bits per heavy atom. The maximum atomic E-state index is 6.09. The molecule has 0 saturated carbocycles. The van der Waals surface area contributed by atoms with Gasteiger partial charge >= 0.3 is 0 Å². The first-order valence-electron chi connectivity index (χ1n) is 4.64. The van der Waals surface area contributed by atoms with Gasteiger partial charge in [-0.15, -0.1) is 5.10 Å². The fourth-order valence-corrected chi connectivity index (χ4v) is 1.80. The molecule has 0 fully saturated rings. The highest BCUT2D eigenvalue weighted by atomic mass is 35.5. The molecule has 0 aliphatic heterocycles. The number of hydrogen-bond acceptors (Lipinski definition) is 4. The van der Waals surface area contributed by atoms with Gasteiger partial charge in [0.25, 0.3) is 0 Å². The second-order valence-corrected chi connectivity index (χ2v) is 3.97. The summed E-state index contributed by atoms with van der Waals surface area (Å²) in [6.45, 7) is 2.58. The molecule has 5 nitrogen and oxygen atoms in total. The lowest BCUT2D eigenvalue weighted by atomic mass is 10.2. The van der Waals surface area contributed by atoms with E-state index in [1.165, 1.54) is 0 Å². The zero-order valence-electron chi connectivity index (χ0n) is 8.48. The number of anilines is 1.